The molecule has 1 aromatic carbocycles. The molecule has 5 nitrogen and oxygen atoms in total. The van der Waals surface area contributed by atoms with E-state index in [1.165, 1.54) is 22.9 Å². The summed E-state index contributed by atoms with van der Waals surface area (Å²) in [6.45, 7) is 8.06. The molecule has 0 unspecified atom stereocenters. The molecule has 3 rings (SSSR count). The highest BCUT2D eigenvalue weighted by molar-refractivity contribution is 9.10. The lowest BCUT2D eigenvalue weighted by molar-refractivity contribution is 0.472. The van der Waals surface area contributed by atoms with Crippen LogP contribution in [0, 0.1) is 13.8 Å². The molecule has 0 radical (unpaired) electrons. The third-order valence-corrected chi connectivity index (χ3v) is 5.37. The zero-order chi connectivity index (χ0) is 17.9. The number of nitrogens with zero attached hydrogens (tertiary/aromatic N) is 2. The normalized spacial score (nSPS) is 15.9. The molecule has 0 amide bonds. The third kappa shape index (κ3) is 4.24. The number of nitrogens with one attached hydrogen (secondary N) is 2. The summed E-state index contributed by atoms with van der Waals surface area (Å²) in [6.07, 6.45) is 2.39. The lowest BCUT2D eigenvalue weighted by Gasteiger charge is -2.20. The molecule has 0 spiro atoms. The Morgan fingerprint density at radius 2 is 2.04 bits per heavy atom. The van der Waals surface area contributed by atoms with Crippen molar-refractivity contribution in [2.75, 3.05) is 13.1 Å². The Hall–Kier alpha value is -1.82. The van der Waals surface area contributed by atoms with Gasteiger partial charge in [0.1, 0.15) is 12.3 Å². The van der Waals surface area contributed by atoms with Gasteiger partial charge in [-0.1, -0.05) is 34.1 Å². The smallest absolute Gasteiger partial charge is 0.216 e. The largest absolute Gasteiger partial charge is 0.444 e. The second-order valence-electron chi connectivity index (χ2n) is 6.56. The first kappa shape index (κ1) is 18.0. The van der Waals surface area contributed by atoms with Crippen LogP contribution in [0.3, 0.4) is 0 Å². The number of aromatic nitrogens is 1. The van der Waals surface area contributed by atoms with E-state index in [4.69, 9.17) is 4.42 Å². The first-order valence-electron chi connectivity index (χ1n) is 8.74. The minimum Gasteiger partial charge on any atom is -0.444 e. The van der Waals surface area contributed by atoms with Gasteiger partial charge in [0, 0.05) is 23.0 Å². The SMILES string of the molecule is CCNC(=NCc1nc(C)c(C)o1)NCC1(c2ccccc2Br)CC1. The van der Waals surface area contributed by atoms with Gasteiger partial charge in [-0.25, -0.2) is 9.98 Å². The maximum atomic E-state index is 5.61. The number of hydrogen-bond donors (Lipinski definition) is 2. The quantitative estimate of drug-likeness (QED) is 0.566. The van der Waals surface area contributed by atoms with E-state index in [0.29, 0.717) is 12.4 Å². The molecule has 2 aromatic rings. The molecule has 2 N–H and O–H groups in total. The van der Waals surface area contributed by atoms with Gasteiger partial charge in [0.2, 0.25) is 5.89 Å². The fourth-order valence-electron chi connectivity index (χ4n) is 2.93. The first-order chi connectivity index (χ1) is 12.0. The topological polar surface area (TPSA) is 62.5 Å². The molecule has 0 saturated heterocycles. The van der Waals surface area contributed by atoms with Gasteiger partial charge in [-0.05, 0) is 45.2 Å². The molecule has 1 fully saturated rings. The summed E-state index contributed by atoms with van der Waals surface area (Å²) < 4.78 is 6.79. The van der Waals surface area contributed by atoms with Gasteiger partial charge in [-0.3, -0.25) is 0 Å². The number of halogens is 1. The van der Waals surface area contributed by atoms with Gasteiger partial charge in [-0.15, -0.1) is 0 Å². The zero-order valence-corrected chi connectivity index (χ0v) is 16.6. The molecule has 6 heteroatoms. The number of hydrogen-bond acceptors (Lipinski definition) is 3. The minimum absolute atomic E-state index is 0.201. The highest BCUT2D eigenvalue weighted by atomic mass is 79.9. The highest BCUT2D eigenvalue weighted by Crippen LogP contribution is 2.49. The number of guanidine groups is 1. The van der Waals surface area contributed by atoms with Crippen LogP contribution in [0.2, 0.25) is 0 Å². The van der Waals surface area contributed by atoms with Crippen molar-refractivity contribution in [3.05, 3.63) is 51.6 Å². The molecule has 1 heterocycles. The standard InChI is InChI=1S/C19H25BrN4O/c1-4-21-18(22-11-17-24-13(2)14(3)25-17)23-12-19(9-10-19)15-7-5-6-8-16(15)20/h5-8H,4,9-12H2,1-3H3,(H2,21,22,23). The van der Waals surface area contributed by atoms with Crippen molar-refractivity contribution in [2.24, 2.45) is 4.99 Å². The minimum atomic E-state index is 0.201. The number of aryl methyl sites for hydroxylation is 2. The van der Waals surface area contributed by atoms with Crippen molar-refractivity contribution in [3.8, 4) is 0 Å². The highest BCUT2D eigenvalue weighted by Gasteiger charge is 2.45. The molecular formula is C19H25BrN4O. The van der Waals surface area contributed by atoms with Crippen molar-refractivity contribution in [2.45, 2.75) is 45.6 Å². The summed E-state index contributed by atoms with van der Waals surface area (Å²) in [7, 11) is 0. The second-order valence-corrected chi connectivity index (χ2v) is 7.41. The van der Waals surface area contributed by atoms with Crippen LogP contribution in [0.25, 0.3) is 0 Å². The molecule has 1 saturated carbocycles. The van der Waals surface area contributed by atoms with E-state index < -0.39 is 0 Å². The molecule has 0 atom stereocenters. The van der Waals surface area contributed by atoms with Crippen molar-refractivity contribution < 1.29 is 4.42 Å². The van der Waals surface area contributed by atoms with E-state index in [-0.39, 0.29) is 5.41 Å². The zero-order valence-electron chi connectivity index (χ0n) is 15.0. The van der Waals surface area contributed by atoms with Crippen LogP contribution in [0.15, 0.2) is 38.1 Å². The first-order valence-corrected chi connectivity index (χ1v) is 9.53. The maximum absolute atomic E-state index is 5.61. The molecule has 25 heavy (non-hydrogen) atoms. The lowest BCUT2D eigenvalue weighted by atomic mass is 9.96. The average molecular weight is 405 g/mol. The number of benzene rings is 1. The van der Waals surface area contributed by atoms with E-state index in [0.717, 1.165) is 30.5 Å². The Bertz CT molecular complexity index is 745. The summed E-state index contributed by atoms with van der Waals surface area (Å²) in [6, 6.07) is 8.48. The number of oxazole rings is 1. The van der Waals surface area contributed by atoms with Gasteiger partial charge in [-0.2, -0.15) is 0 Å². The Balaban J connectivity index is 1.66. The van der Waals surface area contributed by atoms with Crippen LogP contribution in [0.4, 0.5) is 0 Å². The van der Waals surface area contributed by atoms with Crippen molar-refractivity contribution in [3.63, 3.8) is 0 Å². The number of aliphatic imine (C=N–C) groups is 1. The molecule has 134 valence electrons. The maximum Gasteiger partial charge on any atom is 0.216 e. The van der Waals surface area contributed by atoms with Crippen LogP contribution in [-0.2, 0) is 12.0 Å². The van der Waals surface area contributed by atoms with E-state index in [9.17, 15) is 0 Å². The van der Waals surface area contributed by atoms with Crippen LogP contribution < -0.4 is 10.6 Å². The number of rotatable bonds is 6. The monoisotopic (exact) mass is 404 g/mol. The summed E-state index contributed by atoms with van der Waals surface area (Å²) in [5.74, 6) is 2.31. The van der Waals surface area contributed by atoms with Gasteiger partial charge in [0.05, 0.1) is 5.69 Å². The summed E-state index contributed by atoms with van der Waals surface area (Å²) in [4.78, 5) is 9.00. The molecule has 0 bridgehead atoms. The molecule has 1 aliphatic rings. The molecular weight excluding hydrogens is 380 g/mol. The predicted molar refractivity (Wildman–Crippen MR) is 104 cm³/mol. The van der Waals surface area contributed by atoms with E-state index in [1.54, 1.807) is 0 Å². The van der Waals surface area contributed by atoms with Crippen molar-refractivity contribution >= 4 is 21.9 Å². The van der Waals surface area contributed by atoms with Crippen LogP contribution in [-0.4, -0.2) is 24.0 Å². The fourth-order valence-corrected chi connectivity index (χ4v) is 3.64. The Morgan fingerprint density at radius 1 is 1.28 bits per heavy atom. The van der Waals surface area contributed by atoms with Crippen molar-refractivity contribution in [1.82, 2.24) is 15.6 Å². The van der Waals surface area contributed by atoms with Gasteiger partial charge >= 0.3 is 0 Å². The summed E-state index contributed by atoms with van der Waals surface area (Å²) >= 11 is 3.69. The van der Waals surface area contributed by atoms with Crippen LogP contribution in [0.1, 0.15) is 42.7 Å². The van der Waals surface area contributed by atoms with Gasteiger partial charge in [0.25, 0.3) is 0 Å². The van der Waals surface area contributed by atoms with Crippen molar-refractivity contribution in [1.29, 1.82) is 0 Å². The Morgan fingerprint density at radius 3 is 2.64 bits per heavy atom. The van der Waals surface area contributed by atoms with Gasteiger partial charge in [0.15, 0.2) is 5.96 Å². The predicted octanol–water partition coefficient (Wildman–Crippen LogP) is 3.84. The Kier molecular flexibility index (Phi) is 5.47. The lowest BCUT2D eigenvalue weighted by Crippen LogP contribution is -2.41. The molecule has 1 aromatic heterocycles. The summed E-state index contributed by atoms with van der Waals surface area (Å²) in [5.41, 5.74) is 2.50. The second kappa shape index (κ2) is 7.60. The van der Waals surface area contributed by atoms with E-state index in [1.807, 2.05) is 13.8 Å². The van der Waals surface area contributed by atoms with E-state index >= 15 is 0 Å². The Labute approximate surface area is 157 Å². The van der Waals surface area contributed by atoms with Gasteiger partial charge < -0.3 is 15.1 Å². The van der Waals surface area contributed by atoms with Crippen LogP contribution in [0.5, 0.6) is 0 Å². The summed E-state index contributed by atoms with van der Waals surface area (Å²) in [5, 5.41) is 6.79. The van der Waals surface area contributed by atoms with E-state index in [2.05, 4.69) is 67.7 Å². The molecule has 1 aliphatic carbocycles. The third-order valence-electron chi connectivity index (χ3n) is 4.68. The molecule has 0 aliphatic heterocycles. The average Bonchev–Trinajstić information content (AvgIpc) is 3.31. The van der Waals surface area contributed by atoms with Crippen LogP contribution >= 0.6 is 15.9 Å². The fraction of sp³-hybridized carbons (Fsp3) is 0.474.